The molecule has 0 heterocycles. The zero-order chi connectivity index (χ0) is 14.3. The van der Waals surface area contributed by atoms with Crippen LogP contribution in [-0.2, 0) is 4.79 Å². The smallest absolute Gasteiger partial charge is 0.319 e. The van der Waals surface area contributed by atoms with Crippen LogP contribution in [0.25, 0.3) is 0 Å². The highest BCUT2D eigenvalue weighted by atomic mass is 19.1. The highest BCUT2D eigenvalue weighted by Crippen LogP contribution is 2.09. The second-order valence-corrected chi connectivity index (χ2v) is 4.21. The van der Waals surface area contributed by atoms with E-state index in [1.807, 2.05) is 6.92 Å². The molecule has 0 aliphatic rings. The van der Waals surface area contributed by atoms with E-state index < -0.39 is 12.0 Å². The van der Waals surface area contributed by atoms with Gasteiger partial charge in [0.2, 0.25) is 0 Å². The maximum Gasteiger partial charge on any atom is 0.319 e. The summed E-state index contributed by atoms with van der Waals surface area (Å²) >= 11 is 0. The summed E-state index contributed by atoms with van der Waals surface area (Å²) in [5.41, 5.74) is 0.477. The number of urea groups is 1. The molecule has 0 saturated carbocycles. The number of amides is 2. The van der Waals surface area contributed by atoms with Crippen molar-refractivity contribution < 1.29 is 19.1 Å². The molecule has 1 rings (SSSR count). The predicted molar refractivity (Wildman–Crippen MR) is 69.5 cm³/mol. The van der Waals surface area contributed by atoms with Crippen molar-refractivity contribution in [2.75, 3.05) is 11.9 Å². The first-order valence-electron chi connectivity index (χ1n) is 6.03. The molecule has 3 N–H and O–H groups in total. The summed E-state index contributed by atoms with van der Waals surface area (Å²) in [7, 11) is 0. The Kier molecular flexibility index (Phi) is 5.78. The highest BCUT2D eigenvalue weighted by Gasteiger charge is 2.12. The number of anilines is 1. The number of carbonyl (C=O) groups is 2. The highest BCUT2D eigenvalue weighted by molar-refractivity contribution is 5.89. The van der Waals surface area contributed by atoms with Crippen LogP contribution in [0.3, 0.4) is 0 Å². The van der Waals surface area contributed by atoms with Crippen LogP contribution in [0.1, 0.15) is 19.8 Å². The van der Waals surface area contributed by atoms with Gasteiger partial charge in [0.05, 0.1) is 0 Å². The largest absolute Gasteiger partial charge is 0.481 e. The van der Waals surface area contributed by atoms with Crippen molar-refractivity contribution in [3.63, 3.8) is 0 Å². The zero-order valence-electron chi connectivity index (χ0n) is 10.6. The Balaban J connectivity index is 2.38. The third kappa shape index (κ3) is 5.85. The molecule has 0 bridgehead atoms. The monoisotopic (exact) mass is 268 g/mol. The van der Waals surface area contributed by atoms with Crippen molar-refractivity contribution in [2.24, 2.45) is 5.92 Å². The van der Waals surface area contributed by atoms with Crippen LogP contribution < -0.4 is 10.6 Å². The Morgan fingerprint density at radius 3 is 2.47 bits per heavy atom. The van der Waals surface area contributed by atoms with Gasteiger partial charge in [-0.05, 0) is 30.2 Å². The van der Waals surface area contributed by atoms with Crippen LogP contribution in [0.15, 0.2) is 24.3 Å². The normalized spacial score (nSPS) is 11.7. The van der Waals surface area contributed by atoms with E-state index in [4.69, 9.17) is 5.11 Å². The van der Waals surface area contributed by atoms with Gasteiger partial charge in [0.1, 0.15) is 5.82 Å². The summed E-state index contributed by atoms with van der Waals surface area (Å²) in [5, 5.41) is 13.8. The van der Waals surface area contributed by atoms with E-state index in [9.17, 15) is 14.0 Å². The van der Waals surface area contributed by atoms with E-state index in [0.29, 0.717) is 12.1 Å². The molecule has 0 radical (unpaired) electrons. The Hall–Kier alpha value is -2.11. The van der Waals surface area contributed by atoms with Gasteiger partial charge in [0, 0.05) is 18.7 Å². The van der Waals surface area contributed by atoms with Gasteiger partial charge in [-0.25, -0.2) is 9.18 Å². The molecule has 0 aromatic heterocycles. The lowest BCUT2D eigenvalue weighted by atomic mass is 10.0. The summed E-state index contributed by atoms with van der Waals surface area (Å²) in [6.07, 6.45) is 0.691. The first kappa shape index (κ1) is 14.9. The van der Waals surface area contributed by atoms with Crippen LogP contribution in [0.2, 0.25) is 0 Å². The van der Waals surface area contributed by atoms with E-state index >= 15 is 0 Å². The fourth-order valence-electron chi connectivity index (χ4n) is 1.55. The number of aliphatic carboxylic acids is 1. The van der Waals surface area contributed by atoms with Crippen LogP contribution in [0.5, 0.6) is 0 Å². The molecule has 2 amide bonds. The molecular formula is C13H17FN2O3. The molecule has 0 saturated heterocycles. The van der Waals surface area contributed by atoms with Crippen molar-refractivity contribution in [2.45, 2.75) is 19.8 Å². The average molecular weight is 268 g/mol. The SMILES string of the molecule is CCC(CNC(=O)Nc1ccc(F)cc1)CC(=O)O. The van der Waals surface area contributed by atoms with Gasteiger partial charge in [-0.2, -0.15) is 0 Å². The molecule has 0 fully saturated rings. The molecule has 19 heavy (non-hydrogen) atoms. The molecule has 1 unspecified atom stereocenters. The molecule has 1 aromatic rings. The molecule has 1 atom stereocenters. The third-order valence-electron chi connectivity index (χ3n) is 2.69. The number of nitrogens with one attached hydrogen (secondary N) is 2. The lowest BCUT2D eigenvalue weighted by Crippen LogP contribution is -2.33. The van der Waals surface area contributed by atoms with Gasteiger partial charge in [-0.3, -0.25) is 4.79 Å². The summed E-state index contributed by atoms with van der Waals surface area (Å²) in [6, 6.07) is 4.95. The molecule has 0 aliphatic heterocycles. The van der Waals surface area contributed by atoms with E-state index in [0.717, 1.165) is 0 Å². The Morgan fingerprint density at radius 1 is 1.32 bits per heavy atom. The molecule has 1 aromatic carbocycles. The van der Waals surface area contributed by atoms with Gasteiger partial charge in [0.25, 0.3) is 0 Å². The molecule has 6 heteroatoms. The fourth-order valence-corrected chi connectivity index (χ4v) is 1.55. The fraction of sp³-hybridized carbons (Fsp3) is 0.385. The minimum absolute atomic E-state index is 0.0212. The first-order chi connectivity index (χ1) is 9.01. The lowest BCUT2D eigenvalue weighted by Gasteiger charge is -2.14. The number of hydrogen-bond acceptors (Lipinski definition) is 2. The Morgan fingerprint density at radius 2 is 1.95 bits per heavy atom. The lowest BCUT2D eigenvalue weighted by molar-refractivity contribution is -0.138. The van der Waals surface area contributed by atoms with Crippen molar-refractivity contribution in [3.8, 4) is 0 Å². The van der Waals surface area contributed by atoms with Crippen LogP contribution in [0, 0.1) is 11.7 Å². The molecular weight excluding hydrogens is 251 g/mol. The van der Waals surface area contributed by atoms with Gasteiger partial charge in [-0.15, -0.1) is 0 Å². The van der Waals surface area contributed by atoms with Crippen molar-refractivity contribution in [3.05, 3.63) is 30.1 Å². The molecule has 0 aliphatic carbocycles. The summed E-state index contributed by atoms with van der Waals surface area (Å²) in [4.78, 5) is 22.1. The Bertz CT molecular complexity index is 434. The number of halogens is 1. The summed E-state index contributed by atoms with van der Waals surface area (Å²) < 4.78 is 12.7. The number of carboxylic acids is 1. The summed E-state index contributed by atoms with van der Waals surface area (Å²) in [6.45, 7) is 2.16. The van der Waals surface area contributed by atoms with Crippen molar-refractivity contribution in [1.82, 2.24) is 5.32 Å². The average Bonchev–Trinajstić information content (AvgIpc) is 2.37. The maximum absolute atomic E-state index is 12.7. The van der Waals surface area contributed by atoms with Crippen LogP contribution in [-0.4, -0.2) is 23.7 Å². The van der Waals surface area contributed by atoms with E-state index in [1.165, 1.54) is 24.3 Å². The Labute approximate surface area is 110 Å². The predicted octanol–water partition coefficient (Wildman–Crippen LogP) is 2.45. The van der Waals surface area contributed by atoms with E-state index in [-0.39, 0.29) is 24.7 Å². The van der Waals surface area contributed by atoms with Crippen LogP contribution >= 0.6 is 0 Å². The topological polar surface area (TPSA) is 78.4 Å². The standard InChI is InChI=1S/C13H17FN2O3/c1-2-9(7-12(17)18)8-15-13(19)16-11-5-3-10(14)4-6-11/h3-6,9H,2,7-8H2,1H3,(H,17,18)(H2,15,16,19). The van der Waals surface area contributed by atoms with E-state index in [2.05, 4.69) is 10.6 Å². The van der Waals surface area contributed by atoms with Crippen LogP contribution in [0.4, 0.5) is 14.9 Å². The van der Waals surface area contributed by atoms with Crippen molar-refractivity contribution >= 4 is 17.7 Å². The minimum atomic E-state index is -0.882. The molecule has 0 spiro atoms. The number of rotatable bonds is 6. The van der Waals surface area contributed by atoms with Gasteiger partial charge < -0.3 is 15.7 Å². The number of hydrogen-bond donors (Lipinski definition) is 3. The van der Waals surface area contributed by atoms with Gasteiger partial charge in [0.15, 0.2) is 0 Å². The number of carboxylic acid groups (broad SMARTS) is 1. The number of carbonyl (C=O) groups excluding carboxylic acids is 1. The van der Waals surface area contributed by atoms with Crippen molar-refractivity contribution in [1.29, 1.82) is 0 Å². The second-order valence-electron chi connectivity index (χ2n) is 4.21. The third-order valence-corrected chi connectivity index (χ3v) is 2.69. The molecule has 104 valence electrons. The second kappa shape index (κ2) is 7.35. The zero-order valence-corrected chi connectivity index (χ0v) is 10.6. The maximum atomic E-state index is 12.7. The number of benzene rings is 1. The van der Waals surface area contributed by atoms with Gasteiger partial charge in [-0.1, -0.05) is 13.3 Å². The minimum Gasteiger partial charge on any atom is -0.481 e. The first-order valence-corrected chi connectivity index (χ1v) is 6.03. The quantitative estimate of drug-likeness (QED) is 0.741. The summed E-state index contributed by atoms with van der Waals surface area (Å²) in [5.74, 6) is -1.36. The van der Waals surface area contributed by atoms with E-state index in [1.54, 1.807) is 0 Å². The molecule has 5 nitrogen and oxygen atoms in total. The van der Waals surface area contributed by atoms with Gasteiger partial charge >= 0.3 is 12.0 Å².